The third kappa shape index (κ3) is 5.05. The van der Waals surface area contributed by atoms with Crippen LogP contribution in [0, 0.1) is 5.92 Å². The SMILES string of the molecule is Cl.O=C(CC1CNC1)N(Cc1ccccc1)CC(O)c1cccs1. The van der Waals surface area contributed by atoms with Crippen molar-refractivity contribution in [2.75, 3.05) is 19.6 Å². The van der Waals surface area contributed by atoms with E-state index in [2.05, 4.69) is 5.32 Å². The largest absolute Gasteiger partial charge is 0.386 e. The van der Waals surface area contributed by atoms with Crippen molar-refractivity contribution in [3.8, 4) is 0 Å². The van der Waals surface area contributed by atoms with E-state index in [-0.39, 0.29) is 18.3 Å². The van der Waals surface area contributed by atoms with Crippen molar-refractivity contribution in [2.45, 2.75) is 19.1 Å². The highest BCUT2D eigenvalue weighted by Gasteiger charge is 2.25. The monoisotopic (exact) mass is 366 g/mol. The summed E-state index contributed by atoms with van der Waals surface area (Å²) in [5.41, 5.74) is 1.09. The lowest BCUT2D eigenvalue weighted by molar-refractivity contribution is -0.134. The molecule has 3 rings (SSSR count). The van der Waals surface area contributed by atoms with Crippen molar-refractivity contribution in [3.05, 3.63) is 58.3 Å². The Kier molecular flexibility index (Phi) is 7.24. The number of hydrogen-bond donors (Lipinski definition) is 2. The zero-order chi connectivity index (χ0) is 16.1. The summed E-state index contributed by atoms with van der Waals surface area (Å²) < 4.78 is 0. The number of benzene rings is 1. The number of thiophene rings is 1. The summed E-state index contributed by atoms with van der Waals surface area (Å²) in [4.78, 5) is 15.3. The first-order valence-corrected chi connectivity index (χ1v) is 8.84. The van der Waals surface area contributed by atoms with Gasteiger partial charge >= 0.3 is 0 Å². The Balaban J connectivity index is 0.00000208. The number of hydrogen-bond acceptors (Lipinski definition) is 4. The molecule has 4 nitrogen and oxygen atoms in total. The Morgan fingerprint density at radius 2 is 2.00 bits per heavy atom. The summed E-state index contributed by atoms with van der Waals surface area (Å²) >= 11 is 1.52. The van der Waals surface area contributed by atoms with Crippen LogP contribution in [-0.2, 0) is 11.3 Å². The lowest BCUT2D eigenvalue weighted by atomic mass is 9.98. The van der Waals surface area contributed by atoms with Gasteiger partial charge < -0.3 is 15.3 Å². The van der Waals surface area contributed by atoms with Gasteiger partial charge in [0.15, 0.2) is 0 Å². The van der Waals surface area contributed by atoms with Gasteiger partial charge in [-0.1, -0.05) is 36.4 Å². The molecule has 1 fully saturated rings. The lowest BCUT2D eigenvalue weighted by Gasteiger charge is -2.31. The van der Waals surface area contributed by atoms with Gasteiger partial charge in [0.25, 0.3) is 0 Å². The average molecular weight is 367 g/mol. The Morgan fingerprint density at radius 1 is 1.25 bits per heavy atom. The number of rotatable bonds is 7. The number of amides is 1. The van der Waals surface area contributed by atoms with E-state index in [0.29, 0.717) is 25.4 Å². The highest BCUT2D eigenvalue weighted by Crippen LogP contribution is 2.22. The topological polar surface area (TPSA) is 52.6 Å². The molecule has 2 N–H and O–H groups in total. The number of aliphatic hydroxyl groups is 1. The van der Waals surface area contributed by atoms with Crippen LogP contribution in [-0.4, -0.2) is 35.5 Å². The molecular formula is C18H23ClN2O2S. The normalized spacial score (nSPS) is 15.2. The zero-order valence-corrected chi connectivity index (χ0v) is 15.1. The van der Waals surface area contributed by atoms with Gasteiger partial charge in [-0.2, -0.15) is 0 Å². The third-order valence-electron chi connectivity index (χ3n) is 4.16. The van der Waals surface area contributed by atoms with Gasteiger partial charge in [0.05, 0.1) is 6.54 Å². The third-order valence-corrected chi connectivity index (χ3v) is 5.14. The summed E-state index contributed by atoms with van der Waals surface area (Å²) in [6.45, 7) is 2.72. The molecule has 24 heavy (non-hydrogen) atoms. The smallest absolute Gasteiger partial charge is 0.223 e. The number of aliphatic hydroxyl groups excluding tert-OH is 1. The molecule has 1 aromatic carbocycles. The number of nitrogens with zero attached hydrogens (tertiary/aromatic N) is 1. The molecule has 0 bridgehead atoms. The van der Waals surface area contributed by atoms with E-state index in [9.17, 15) is 9.90 Å². The zero-order valence-electron chi connectivity index (χ0n) is 13.4. The summed E-state index contributed by atoms with van der Waals surface area (Å²) in [5, 5.41) is 15.6. The van der Waals surface area contributed by atoms with E-state index in [0.717, 1.165) is 23.5 Å². The van der Waals surface area contributed by atoms with Crippen molar-refractivity contribution < 1.29 is 9.90 Å². The predicted molar refractivity (Wildman–Crippen MR) is 99.4 cm³/mol. The van der Waals surface area contributed by atoms with E-state index >= 15 is 0 Å². The van der Waals surface area contributed by atoms with Gasteiger partial charge in [-0.05, 0) is 36.0 Å². The average Bonchev–Trinajstić information content (AvgIpc) is 3.05. The van der Waals surface area contributed by atoms with Crippen LogP contribution in [0.15, 0.2) is 47.8 Å². The first-order valence-electron chi connectivity index (χ1n) is 7.96. The molecule has 0 spiro atoms. The Hall–Kier alpha value is -1.40. The van der Waals surface area contributed by atoms with E-state index in [1.165, 1.54) is 11.3 Å². The van der Waals surface area contributed by atoms with Gasteiger partial charge in [0, 0.05) is 17.8 Å². The van der Waals surface area contributed by atoms with Crippen molar-refractivity contribution in [2.24, 2.45) is 5.92 Å². The molecule has 1 unspecified atom stereocenters. The Labute approximate surface area is 152 Å². The van der Waals surface area contributed by atoms with Crippen LogP contribution in [0.3, 0.4) is 0 Å². The molecule has 2 aromatic rings. The van der Waals surface area contributed by atoms with Crippen LogP contribution in [0.1, 0.15) is 23.0 Å². The molecule has 6 heteroatoms. The molecule has 1 atom stereocenters. The molecule has 2 heterocycles. The highest BCUT2D eigenvalue weighted by molar-refractivity contribution is 7.10. The van der Waals surface area contributed by atoms with Gasteiger partial charge in [0.2, 0.25) is 5.91 Å². The second-order valence-electron chi connectivity index (χ2n) is 6.02. The van der Waals surface area contributed by atoms with Crippen molar-refractivity contribution in [1.29, 1.82) is 0 Å². The summed E-state index contributed by atoms with van der Waals surface area (Å²) in [6, 6.07) is 13.8. The molecule has 130 valence electrons. The van der Waals surface area contributed by atoms with Crippen molar-refractivity contribution in [1.82, 2.24) is 10.2 Å². The van der Waals surface area contributed by atoms with Gasteiger partial charge in [-0.3, -0.25) is 4.79 Å². The molecule has 0 radical (unpaired) electrons. The van der Waals surface area contributed by atoms with E-state index in [1.54, 1.807) is 4.90 Å². The minimum atomic E-state index is -0.623. The fourth-order valence-corrected chi connectivity index (χ4v) is 3.41. The molecule has 1 aromatic heterocycles. The van der Waals surface area contributed by atoms with Gasteiger partial charge in [0.1, 0.15) is 6.10 Å². The van der Waals surface area contributed by atoms with Crippen LogP contribution in [0.2, 0.25) is 0 Å². The fraction of sp³-hybridized carbons (Fsp3) is 0.389. The Morgan fingerprint density at radius 3 is 2.58 bits per heavy atom. The van der Waals surface area contributed by atoms with E-state index in [4.69, 9.17) is 0 Å². The number of nitrogens with one attached hydrogen (secondary N) is 1. The maximum Gasteiger partial charge on any atom is 0.223 e. The second-order valence-corrected chi connectivity index (χ2v) is 7.00. The van der Waals surface area contributed by atoms with Gasteiger partial charge in [-0.25, -0.2) is 0 Å². The number of carbonyl (C=O) groups excluding carboxylic acids is 1. The summed E-state index contributed by atoms with van der Waals surface area (Å²) in [5.74, 6) is 0.551. The van der Waals surface area contributed by atoms with Crippen LogP contribution in [0.4, 0.5) is 0 Å². The van der Waals surface area contributed by atoms with Crippen LogP contribution in [0.25, 0.3) is 0 Å². The first-order chi connectivity index (χ1) is 11.2. The maximum absolute atomic E-state index is 12.6. The minimum absolute atomic E-state index is 0. The van der Waals surface area contributed by atoms with Crippen molar-refractivity contribution >= 4 is 29.7 Å². The molecular weight excluding hydrogens is 344 g/mol. The van der Waals surface area contributed by atoms with E-state index in [1.807, 2.05) is 47.8 Å². The molecule has 1 amide bonds. The first kappa shape index (κ1) is 18.9. The molecule has 1 aliphatic heterocycles. The summed E-state index contributed by atoms with van der Waals surface area (Å²) in [7, 11) is 0. The molecule has 0 aliphatic carbocycles. The minimum Gasteiger partial charge on any atom is -0.386 e. The van der Waals surface area contributed by atoms with Crippen molar-refractivity contribution in [3.63, 3.8) is 0 Å². The van der Waals surface area contributed by atoms with Gasteiger partial charge in [-0.15, -0.1) is 23.7 Å². The fourth-order valence-electron chi connectivity index (χ4n) is 2.71. The summed E-state index contributed by atoms with van der Waals surface area (Å²) in [6.07, 6.45) is -0.0704. The molecule has 1 saturated heterocycles. The highest BCUT2D eigenvalue weighted by atomic mass is 35.5. The molecule has 0 saturated carbocycles. The molecule has 1 aliphatic rings. The predicted octanol–water partition coefficient (Wildman–Crippen LogP) is 2.84. The van der Waals surface area contributed by atoms with Crippen LogP contribution < -0.4 is 5.32 Å². The number of carbonyl (C=O) groups is 1. The quantitative estimate of drug-likeness (QED) is 0.792. The maximum atomic E-state index is 12.6. The second kappa shape index (κ2) is 9.18. The number of halogens is 1. The van der Waals surface area contributed by atoms with Crippen LogP contribution >= 0.6 is 23.7 Å². The van der Waals surface area contributed by atoms with E-state index < -0.39 is 6.10 Å². The lowest BCUT2D eigenvalue weighted by Crippen LogP contribution is -2.45. The standard InChI is InChI=1S/C18H22N2O2S.ClH/c21-16(17-7-4-8-23-17)13-20(12-14-5-2-1-3-6-14)18(22)9-15-10-19-11-15;/h1-8,15-16,19,21H,9-13H2;1H. The Bertz CT molecular complexity index is 617. The van der Waals surface area contributed by atoms with Crippen LogP contribution in [0.5, 0.6) is 0 Å².